The summed E-state index contributed by atoms with van der Waals surface area (Å²) in [6.07, 6.45) is 3.53. The number of rotatable bonds is 1. The lowest BCUT2D eigenvalue weighted by Crippen LogP contribution is -2.12. The van der Waals surface area contributed by atoms with Gasteiger partial charge in [0.15, 0.2) is 0 Å². The van der Waals surface area contributed by atoms with Crippen molar-refractivity contribution in [2.45, 2.75) is 31.7 Å². The molecule has 0 aliphatic carbocycles. The summed E-state index contributed by atoms with van der Waals surface area (Å²) in [5.41, 5.74) is 0. The van der Waals surface area contributed by atoms with Crippen molar-refractivity contribution in [3.63, 3.8) is 0 Å². The SMILES string of the molecule is Cl.ClCc1nnc2n1CCCC2. The van der Waals surface area contributed by atoms with Crippen molar-refractivity contribution < 1.29 is 0 Å². The van der Waals surface area contributed by atoms with Crippen molar-refractivity contribution in [2.75, 3.05) is 0 Å². The molecule has 1 aromatic rings. The lowest BCUT2D eigenvalue weighted by Gasteiger charge is -2.13. The third-order valence-corrected chi connectivity index (χ3v) is 2.29. The molecular weight excluding hydrogens is 197 g/mol. The minimum absolute atomic E-state index is 0. The van der Waals surface area contributed by atoms with Crippen LogP contribution in [0.1, 0.15) is 24.5 Å². The molecule has 1 aliphatic rings. The van der Waals surface area contributed by atoms with E-state index in [0.29, 0.717) is 5.88 Å². The number of alkyl halides is 1. The zero-order chi connectivity index (χ0) is 7.68. The van der Waals surface area contributed by atoms with Crippen molar-refractivity contribution in [3.8, 4) is 0 Å². The summed E-state index contributed by atoms with van der Waals surface area (Å²) in [4.78, 5) is 0. The number of aryl methyl sites for hydroxylation is 1. The third kappa shape index (κ3) is 1.57. The van der Waals surface area contributed by atoms with E-state index >= 15 is 0 Å². The van der Waals surface area contributed by atoms with Crippen molar-refractivity contribution in [2.24, 2.45) is 0 Å². The Morgan fingerprint density at radius 2 is 2.17 bits per heavy atom. The standard InChI is InChI=1S/C7H10ClN3.ClH/c8-5-7-10-9-6-3-1-2-4-11(6)7;/h1-5H2;1H. The second-order valence-electron chi connectivity index (χ2n) is 2.77. The van der Waals surface area contributed by atoms with Crippen LogP contribution >= 0.6 is 24.0 Å². The average Bonchev–Trinajstić information content (AvgIpc) is 2.47. The maximum Gasteiger partial charge on any atom is 0.147 e. The lowest BCUT2D eigenvalue weighted by molar-refractivity contribution is 0.513. The summed E-state index contributed by atoms with van der Waals surface area (Å²) in [6.45, 7) is 1.05. The Hall–Kier alpha value is -0.280. The molecule has 0 N–H and O–H groups in total. The molecule has 68 valence electrons. The molecule has 0 unspecified atom stereocenters. The van der Waals surface area contributed by atoms with Crippen molar-refractivity contribution in [1.29, 1.82) is 0 Å². The number of halogens is 2. The largest absolute Gasteiger partial charge is 0.314 e. The highest BCUT2D eigenvalue weighted by atomic mass is 35.5. The van der Waals surface area contributed by atoms with Crippen LogP contribution in [-0.2, 0) is 18.8 Å². The molecule has 12 heavy (non-hydrogen) atoms. The summed E-state index contributed by atoms with van der Waals surface area (Å²) in [6, 6.07) is 0. The first-order chi connectivity index (χ1) is 5.42. The fourth-order valence-electron chi connectivity index (χ4n) is 1.47. The maximum absolute atomic E-state index is 5.68. The molecule has 0 fully saturated rings. The van der Waals surface area contributed by atoms with E-state index in [2.05, 4.69) is 14.8 Å². The van der Waals surface area contributed by atoms with Crippen LogP contribution in [0.2, 0.25) is 0 Å². The van der Waals surface area contributed by atoms with E-state index in [9.17, 15) is 0 Å². The Labute approximate surface area is 82.5 Å². The summed E-state index contributed by atoms with van der Waals surface area (Å²) < 4.78 is 2.14. The van der Waals surface area contributed by atoms with Crippen molar-refractivity contribution >= 4 is 24.0 Å². The fraction of sp³-hybridized carbons (Fsp3) is 0.714. The molecule has 0 aromatic carbocycles. The van der Waals surface area contributed by atoms with E-state index in [1.807, 2.05) is 0 Å². The Bertz CT molecular complexity index is 246. The second kappa shape index (κ2) is 4.10. The highest BCUT2D eigenvalue weighted by molar-refractivity contribution is 6.16. The molecule has 2 heterocycles. The molecule has 1 aliphatic heterocycles. The minimum atomic E-state index is 0. The van der Waals surface area contributed by atoms with E-state index in [0.717, 1.165) is 24.6 Å². The van der Waals surface area contributed by atoms with Crippen LogP contribution in [0, 0.1) is 0 Å². The van der Waals surface area contributed by atoms with Gasteiger partial charge < -0.3 is 4.57 Å². The van der Waals surface area contributed by atoms with Crippen LogP contribution in [0.4, 0.5) is 0 Å². The molecule has 0 saturated carbocycles. The van der Waals surface area contributed by atoms with Gasteiger partial charge >= 0.3 is 0 Å². The monoisotopic (exact) mass is 207 g/mol. The van der Waals surface area contributed by atoms with Crippen LogP contribution < -0.4 is 0 Å². The molecule has 0 bridgehead atoms. The van der Waals surface area contributed by atoms with Gasteiger partial charge in [-0.1, -0.05) is 0 Å². The van der Waals surface area contributed by atoms with Crippen LogP contribution in [0.5, 0.6) is 0 Å². The normalized spacial score (nSPS) is 15.1. The number of fused-ring (bicyclic) bond motifs is 1. The molecular formula is C7H11Cl2N3. The molecule has 3 nitrogen and oxygen atoms in total. The Morgan fingerprint density at radius 1 is 1.33 bits per heavy atom. The number of hydrogen-bond donors (Lipinski definition) is 0. The predicted octanol–water partition coefficient (Wildman–Crippen LogP) is 1.77. The van der Waals surface area contributed by atoms with E-state index in [4.69, 9.17) is 11.6 Å². The maximum atomic E-state index is 5.68. The van der Waals surface area contributed by atoms with Gasteiger partial charge in [-0.15, -0.1) is 34.2 Å². The molecule has 1 aromatic heterocycles. The molecule has 0 saturated heterocycles. The minimum Gasteiger partial charge on any atom is -0.314 e. The molecule has 0 radical (unpaired) electrons. The highest BCUT2D eigenvalue weighted by Gasteiger charge is 2.13. The fourth-order valence-corrected chi connectivity index (χ4v) is 1.67. The average molecular weight is 208 g/mol. The first-order valence-electron chi connectivity index (χ1n) is 3.89. The summed E-state index contributed by atoms with van der Waals surface area (Å²) in [7, 11) is 0. The van der Waals surface area contributed by atoms with Gasteiger partial charge in [0, 0.05) is 13.0 Å². The molecule has 0 amide bonds. The molecule has 2 rings (SSSR count). The van der Waals surface area contributed by atoms with Gasteiger partial charge in [0.2, 0.25) is 0 Å². The molecule has 0 spiro atoms. The molecule has 5 heteroatoms. The van der Waals surface area contributed by atoms with E-state index in [-0.39, 0.29) is 12.4 Å². The topological polar surface area (TPSA) is 30.7 Å². The van der Waals surface area contributed by atoms with Gasteiger partial charge in [0.1, 0.15) is 11.6 Å². The zero-order valence-electron chi connectivity index (χ0n) is 6.66. The summed E-state index contributed by atoms with van der Waals surface area (Å²) >= 11 is 5.68. The Balaban J connectivity index is 0.000000720. The van der Waals surface area contributed by atoms with E-state index < -0.39 is 0 Å². The van der Waals surface area contributed by atoms with Gasteiger partial charge in [-0.05, 0) is 12.8 Å². The van der Waals surface area contributed by atoms with Crippen molar-refractivity contribution in [1.82, 2.24) is 14.8 Å². The number of hydrogen-bond acceptors (Lipinski definition) is 2. The number of nitrogens with zero attached hydrogens (tertiary/aromatic N) is 3. The van der Waals surface area contributed by atoms with Crippen LogP contribution in [0.3, 0.4) is 0 Å². The first kappa shape index (κ1) is 9.81. The van der Waals surface area contributed by atoms with Crippen molar-refractivity contribution in [3.05, 3.63) is 11.6 Å². The summed E-state index contributed by atoms with van der Waals surface area (Å²) in [5, 5.41) is 8.05. The predicted molar refractivity (Wildman–Crippen MR) is 49.8 cm³/mol. The molecule has 0 atom stereocenters. The van der Waals surface area contributed by atoms with E-state index in [1.54, 1.807) is 0 Å². The summed E-state index contributed by atoms with van der Waals surface area (Å²) in [5.74, 6) is 2.50. The van der Waals surface area contributed by atoms with Crippen LogP contribution in [0.15, 0.2) is 0 Å². The van der Waals surface area contributed by atoms with Crippen LogP contribution in [-0.4, -0.2) is 14.8 Å². The van der Waals surface area contributed by atoms with Gasteiger partial charge in [-0.3, -0.25) is 0 Å². The van der Waals surface area contributed by atoms with Gasteiger partial charge in [-0.25, -0.2) is 0 Å². The Morgan fingerprint density at radius 3 is 2.92 bits per heavy atom. The van der Waals surface area contributed by atoms with Gasteiger partial charge in [0.25, 0.3) is 0 Å². The zero-order valence-corrected chi connectivity index (χ0v) is 8.24. The number of aromatic nitrogens is 3. The second-order valence-corrected chi connectivity index (χ2v) is 3.04. The van der Waals surface area contributed by atoms with Gasteiger partial charge in [0.05, 0.1) is 5.88 Å². The third-order valence-electron chi connectivity index (χ3n) is 2.06. The van der Waals surface area contributed by atoms with Crippen LogP contribution in [0.25, 0.3) is 0 Å². The van der Waals surface area contributed by atoms with Gasteiger partial charge in [-0.2, -0.15) is 0 Å². The Kier molecular flexibility index (Phi) is 3.35. The first-order valence-corrected chi connectivity index (χ1v) is 4.42. The van der Waals surface area contributed by atoms with E-state index in [1.165, 1.54) is 12.8 Å². The lowest BCUT2D eigenvalue weighted by atomic mass is 10.2. The quantitative estimate of drug-likeness (QED) is 0.658. The highest BCUT2D eigenvalue weighted by Crippen LogP contribution is 2.14. The smallest absolute Gasteiger partial charge is 0.147 e.